The molecule has 1 aromatic heterocycles. The molecule has 1 heterocycles. The third kappa shape index (κ3) is 1.17. The first-order valence-corrected chi connectivity index (χ1v) is 2.65. The van der Waals surface area contributed by atoms with E-state index in [4.69, 9.17) is 10.8 Å². The molecule has 0 fully saturated rings. The molecule has 9 heavy (non-hydrogen) atoms. The lowest BCUT2D eigenvalue weighted by molar-refractivity contribution is 0.449. The maximum atomic E-state index is 8.65. The summed E-state index contributed by atoms with van der Waals surface area (Å²) in [5.74, 6) is -0.0807. The third-order valence-electron chi connectivity index (χ3n) is 0.801. The van der Waals surface area contributed by atoms with Crippen molar-refractivity contribution in [3.8, 4) is 5.88 Å². The van der Waals surface area contributed by atoms with Crippen molar-refractivity contribution in [3.05, 3.63) is 12.3 Å². The molecule has 0 amide bonds. The number of hydrogen-bond acceptors (Lipinski definition) is 3. The number of hydrogen-bond donors (Lipinski definition) is 2. The molecule has 48 valence electrons. The van der Waals surface area contributed by atoms with Crippen molar-refractivity contribution in [2.45, 2.75) is 0 Å². The summed E-state index contributed by atoms with van der Waals surface area (Å²) in [4.78, 5) is 0. The number of nitrogens with zero attached hydrogens (tertiary/aromatic N) is 2. The summed E-state index contributed by atoms with van der Waals surface area (Å²) < 4.78 is 1.21. The fourth-order valence-electron chi connectivity index (χ4n) is 0.437. The molecule has 0 aliphatic rings. The van der Waals surface area contributed by atoms with Crippen molar-refractivity contribution < 1.29 is 5.11 Å². The lowest BCUT2D eigenvalue weighted by Gasteiger charge is -1.91. The second-order valence-corrected chi connectivity index (χ2v) is 1.88. The average molecular weight is 143 g/mol. The van der Waals surface area contributed by atoms with E-state index in [1.807, 2.05) is 0 Å². The highest BCUT2D eigenvalue weighted by Crippen LogP contribution is 1.99. The van der Waals surface area contributed by atoms with E-state index in [2.05, 4.69) is 17.3 Å². The van der Waals surface area contributed by atoms with E-state index < -0.39 is 0 Å². The van der Waals surface area contributed by atoms with Crippen LogP contribution in [0.3, 0.4) is 0 Å². The number of aromatic hydroxyl groups is 1. The fraction of sp³-hybridized carbons (Fsp3) is 0. The summed E-state index contributed by atoms with van der Waals surface area (Å²) in [6.45, 7) is 0. The maximum absolute atomic E-state index is 8.65. The topological polar surface area (TPSA) is 64.1 Å². The van der Waals surface area contributed by atoms with Gasteiger partial charge in [0.1, 0.15) is 0 Å². The number of thiocarbonyl (C=S) groups is 1. The first-order chi connectivity index (χ1) is 4.20. The van der Waals surface area contributed by atoms with Crippen molar-refractivity contribution >= 4 is 17.3 Å². The highest BCUT2D eigenvalue weighted by atomic mass is 32.1. The van der Waals surface area contributed by atoms with Crippen LogP contribution in [0.25, 0.3) is 0 Å². The molecule has 0 aliphatic carbocycles. The van der Waals surface area contributed by atoms with E-state index in [1.165, 1.54) is 16.9 Å². The van der Waals surface area contributed by atoms with Gasteiger partial charge in [0.15, 0.2) is 5.11 Å². The van der Waals surface area contributed by atoms with E-state index in [9.17, 15) is 0 Å². The van der Waals surface area contributed by atoms with Gasteiger partial charge in [0.25, 0.3) is 0 Å². The molecular formula is C4H5N3OS. The van der Waals surface area contributed by atoms with E-state index in [0.717, 1.165) is 0 Å². The zero-order valence-electron chi connectivity index (χ0n) is 4.48. The second kappa shape index (κ2) is 2.02. The first kappa shape index (κ1) is 6.03. The SMILES string of the molecule is NC(=S)n1ccc(O)n1. The molecule has 0 radical (unpaired) electrons. The zero-order valence-corrected chi connectivity index (χ0v) is 5.30. The van der Waals surface area contributed by atoms with Gasteiger partial charge < -0.3 is 10.8 Å². The largest absolute Gasteiger partial charge is 0.492 e. The van der Waals surface area contributed by atoms with Gasteiger partial charge in [0.05, 0.1) is 0 Å². The first-order valence-electron chi connectivity index (χ1n) is 2.24. The summed E-state index contributed by atoms with van der Waals surface area (Å²) >= 11 is 4.54. The minimum absolute atomic E-state index is 0.0807. The molecule has 1 rings (SSSR count). The summed E-state index contributed by atoms with van der Waals surface area (Å²) in [5, 5.41) is 12.3. The van der Waals surface area contributed by atoms with Gasteiger partial charge in [-0.3, -0.25) is 0 Å². The van der Waals surface area contributed by atoms with Crippen LogP contribution in [-0.2, 0) is 0 Å². The standard InChI is InChI=1S/C4H5N3OS/c5-4(9)7-2-1-3(8)6-7/h1-2H,(H2,5,9)(H,6,8). The van der Waals surface area contributed by atoms with Gasteiger partial charge in [-0.05, 0) is 12.2 Å². The van der Waals surface area contributed by atoms with Crippen molar-refractivity contribution in [3.63, 3.8) is 0 Å². The quantitative estimate of drug-likeness (QED) is 0.488. The fourth-order valence-corrected chi connectivity index (χ4v) is 0.539. The smallest absolute Gasteiger partial charge is 0.230 e. The molecule has 1 aromatic rings. The Kier molecular flexibility index (Phi) is 1.35. The summed E-state index contributed by atoms with van der Waals surface area (Å²) in [7, 11) is 0. The Morgan fingerprint density at radius 1 is 1.89 bits per heavy atom. The van der Waals surface area contributed by atoms with Gasteiger partial charge in [0, 0.05) is 12.3 Å². The van der Waals surface area contributed by atoms with Gasteiger partial charge in [0.2, 0.25) is 5.88 Å². The predicted molar refractivity (Wildman–Crippen MR) is 36.1 cm³/mol. The number of aromatic nitrogens is 2. The van der Waals surface area contributed by atoms with Crippen molar-refractivity contribution in [2.24, 2.45) is 5.73 Å². The Morgan fingerprint density at radius 2 is 2.56 bits per heavy atom. The molecule has 0 atom stereocenters. The molecular weight excluding hydrogens is 138 g/mol. The maximum Gasteiger partial charge on any atom is 0.230 e. The van der Waals surface area contributed by atoms with Crippen LogP contribution in [0.15, 0.2) is 12.3 Å². The van der Waals surface area contributed by atoms with Crippen LogP contribution in [0.1, 0.15) is 0 Å². The summed E-state index contributed by atoms with van der Waals surface area (Å²) in [5.41, 5.74) is 5.15. The van der Waals surface area contributed by atoms with Crippen molar-refractivity contribution in [2.75, 3.05) is 0 Å². The lowest BCUT2D eigenvalue weighted by Crippen LogP contribution is -2.19. The Labute approximate surface area is 56.9 Å². The van der Waals surface area contributed by atoms with Crippen LogP contribution in [0, 0.1) is 0 Å². The van der Waals surface area contributed by atoms with E-state index >= 15 is 0 Å². The minimum atomic E-state index is -0.0807. The van der Waals surface area contributed by atoms with Crippen LogP contribution >= 0.6 is 12.2 Å². The molecule has 0 spiro atoms. The molecule has 0 aromatic carbocycles. The summed E-state index contributed by atoms with van der Waals surface area (Å²) in [6, 6.07) is 1.40. The Hall–Kier alpha value is -1.10. The monoisotopic (exact) mass is 143 g/mol. The molecule has 3 N–H and O–H groups in total. The molecule has 4 nitrogen and oxygen atoms in total. The average Bonchev–Trinajstić information content (AvgIpc) is 2.14. The lowest BCUT2D eigenvalue weighted by atomic mass is 10.7. The van der Waals surface area contributed by atoms with Crippen molar-refractivity contribution in [1.29, 1.82) is 0 Å². The molecule has 5 heteroatoms. The van der Waals surface area contributed by atoms with Gasteiger partial charge in [-0.25, -0.2) is 4.68 Å². The van der Waals surface area contributed by atoms with Crippen LogP contribution < -0.4 is 5.73 Å². The predicted octanol–water partition coefficient (Wildman–Crippen LogP) is -0.320. The van der Waals surface area contributed by atoms with Crippen molar-refractivity contribution in [1.82, 2.24) is 9.78 Å². The molecule has 0 saturated heterocycles. The Morgan fingerprint density at radius 3 is 2.78 bits per heavy atom. The van der Waals surface area contributed by atoms with E-state index in [-0.39, 0.29) is 11.0 Å². The van der Waals surface area contributed by atoms with E-state index in [1.54, 1.807) is 0 Å². The van der Waals surface area contributed by atoms with Gasteiger partial charge in [-0.2, -0.15) is 0 Å². The highest BCUT2D eigenvalue weighted by Gasteiger charge is 1.95. The number of rotatable bonds is 0. The second-order valence-electron chi connectivity index (χ2n) is 1.46. The third-order valence-corrected chi connectivity index (χ3v) is 0.988. The molecule has 0 unspecified atom stereocenters. The van der Waals surface area contributed by atoms with Crippen LogP contribution in [0.5, 0.6) is 5.88 Å². The highest BCUT2D eigenvalue weighted by molar-refractivity contribution is 7.80. The van der Waals surface area contributed by atoms with Gasteiger partial charge in [-0.1, -0.05) is 0 Å². The molecule has 0 bridgehead atoms. The van der Waals surface area contributed by atoms with Gasteiger partial charge in [-0.15, -0.1) is 5.10 Å². The molecule has 0 aliphatic heterocycles. The zero-order chi connectivity index (χ0) is 6.85. The summed E-state index contributed by atoms with van der Waals surface area (Å²) in [6.07, 6.45) is 1.48. The normalized spacial score (nSPS) is 9.33. The van der Waals surface area contributed by atoms with Crippen LogP contribution in [0.4, 0.5) is 0 Å². The Balaban J connectivity index is 2.98. The van der Waals surface area contributed by atoms with Gasteiger partial charge >= 0.3 is 0 Å². The molecule has 0 saturated carbocycles. The van der Waals surface area contributed by atoms with E-state index in [0.29, 0.717) is 0 Å². The Bertz CT molecular complexity index is 231. The number of nitrogens with two attached hydrogens (primary N) is 1. The van der Waals surface area contributed by atoms with Crippen LogP contribution in [0.2, 0.25) is 0 Å². The van der Waals surface area contributed by atoms with Crippen LogP contribution in [-0.4, -0.2) is 20.0 Å². The minimum Gasteiger partial charge on any atom is -0.492 e.